The molecule has 1 aromatic rings. The van der Waals surface area contributed by atoms with E-state index in [4.69, 9.17) is 17.3 Å². The van der Waals surface area contributed by atoms with E-state index in [-0.39, 0.29) is 11.3 Å². The molecule has 1 aliphatic heterocycles. The average molecular weight is 308 g/mol. The maximum absolute atomic E-state index is 12.2. The largest absolute Gasteiger partial charge is 0.321 e. The number of amidine groups is 1. The van der Waals surface area contributed by atoms with Crippen LogP contribution in [0.2, 0.25) is 5.02 Å². The minimum absolute atomic E-state index is 0.225. The van der Waals surface area contributed by atoms with Gasteiger partial charge in [-0.3, -0.25) is 9.59 Å². The quantitative estimate of drug-likeness (QED) is 0.818. The molecule has 3 N–H and O–H groups in total. The van der Waals surface area contributed by atoms with Gasteiger partial charge in [0.25, 0.3) is 5.91 Å². The van der Waals surface area contributed by atoms with Crippen molar-refractivity contribution in [3.63, 3.8) is 0 Å². The SMILES string of the molecule is CC(C)(C)C(N)C1=NC(=O)C(c2ccc(Cl)cc2)C(=O)N1. The van der Waals surface area contributed by atoms with Gasteiger partial charge in [-0.15, -0.1) is 0 Å². The van der Waals surface area contributed by atoms with Gasteiger partial charge >= 0.3 is 0 Å². The van der Waals surface area contributed by atoms with Gasteiger partial charge in [-0.2, -0.15) is 4.99 Å². The zero-order valence-electron chi connectivity index (χ0n) is 12.2. The number of rotatable bonds is 2. The predicted octanol–water partition coefficient (Wildman–Crippen LogP) is 1.85. The van der Waals surface area contributed by atoms with Crippen molar-refractivity contribution in [2.24, 2.45) is 16.1 Å². The Bertz CT molecular complexity index is 602. The number of amides is 2. The summed E-state index contributed by atoms with van der Waals surface area (Å²) in [6.07, 6.45) is 0. The Morgan fingerprint density at radius 3 is 2.29 bits per heavy atom. The number of hydrogen-bond donors (Lipinski definition) is 2. The summed E-state index contributed by atoms with van der Waals surface area (Å²) in [6, 6.07) is 6.05. The lowest BCUT2D eigenvalue weighted by Gasteiger charge is -2.31. The van der Waals surface area contributed by atoms with Gasteiger partial charge in [0.1, 0.15) is 11.8 Å². The number of carbonyl (C=O) groups excluding carboxylic acids is 2. The summed E-state index contributed by atoms with van der Waals surface area (Å²) in [5.41, 5.74) is 6.30. The van der Waals surface area contributed by atoms with Crippen LogP contribution in [0.25, 0.3) is 0 Å². The fourth-order valence-electron chi connectivity index (χ4n) is 2.03. The fraction of sp³-hybridized carbons (Fsp3) is 0.400. The maximum atomic E-state index is 12.2. The Balaban J connectivity index is 2.30. The van der Waals surface area contributed by atoms with Crippen molar-refractivity contribution in [2.45, 2.75) is 32.7 Å². The highest BCUT2D eigenvalue weighted by molar-refractivity contribution is 6.30. The lowest BCUT2D eigenvalue weighted by molar-refractivity contribution is -0.129. The van der Waals surface area contributed by atoms with Crippen molar-refractivity contribution in [1.82, 2.24) is 5.32 Å². The number of hydrogen-bond acceptors (Lipinski definition) is 3. The van der Waals surface area contributed by atoms with E-state index in [1.165, 1.54) is 0 Å². The Morgan fingerprint density at radius 2 is 1.81 bits per heavy atom. The molecule has 2 amide bonds. The lowest BCUT2D eigenvalue weighted by atomic mass is 9.85. The summed E-state index contributed by atoms with van der Waals surface area (Å²) in [7, 11) is 0. The van der Waals surface area contributed by atoms with E-state index in [1.54, 1.807) is 24.3 Å². The van der Waals surface area contributed by atoms with Crippen LogP contribution in [0.4, 0.5) is 0 Å². The van der Waals surface area contributed by atoms with Gasteiger partial charge in [0, 0.05) is 5.02 Å². The zero-order valence-corrected chi connectivity index (χ0v) is 12.9. The summed E-state index contributed by atoms with van der Waals surface area (Å²) >= 11 is 5.81. The van der Waals surface area contributed by atoms with E-state index in [2.05, 4.69) is 10.3 Å². The fourth-order valence-corrected chi connectivity index (χ4v) is 2.15. The van der Waals surface area contributed by atoms with Crippen LogP contribution in [0.3, 0.4) is 0 Å². The molecular weight excluding hydrogens is 290 g/mol. The van der Waals surface area contributed by atoms with Crippen LogP contribution in [0, 0.1) is 5.41 Å². The number of carbonyl (C=O) groups is 2. The third-order valence-corrected chi connectivity index (χ3v) is 3.67. The third-order valence-electron chi connectivity index (χ3n) is 3.42. The highest BCUT2D eigenvalue weighted by atomic mass is 35.5. The molecule has 2 atom stereocenters. The molecule has 5 nitrogen and oxygen atoms in total. The number of benzene rings is 1. The first-order valence-corrected chi connectivity index (χ1v) is 7.02. The topological polar surface area (TPSA) is 84.5 Å². The molecule has 0 fully saturated rings. The van der Waals surface area contributed by atoms with Crippen molar-refractivity contribution in [2.75, 3.05) is 0 Å². The smallest absolute Gasteiger partial charge is 0.264 e. The molecule has 2 unspecified atom stereocenters. The van der Waals surface area contributed by atoms with Gasteiger partial charge in [-0.25, -0.2) is 0 Å². The normalized spacial score (nSPS) is 20.8. The molecule has 6 heteroatoms. The van der Waals surface area contributed by atoms with Crippen LogP contribution < -0.4 is 11.1 Å². The summed E-state index contributed by atoms with van der Waals surface area (Å²) < 4.78 is 0. The second-order valence-electron chi connectivity index (χ2n) is 6.15. The van der Waals surface area contributed by atoms with Crippen molar-refractivity contribution < 1.29 is 9.59 Å². The first-order valence-electron chi connectivity index (χ1n) is 6.64. The minimum atomic E-state index is -0.946. The maximum Gasteiger partial charge on any atom is 0.264 e. The highest BCUT2D eigenvalue weighted by Gasteiger charge is 2.37. The molecule has 0 bridgehead atoms. The van der Waals surface area contributed by atoms with Crippen LogP contribution in [0.5, 0.6) is 0 Å². The number of nitrogens with zero attached hydrogens (tertiary/aromatic N) is 1. The van der Waals surface area contributed by atoms with E-state index in [9.17, 15) is 9.59 Å². The Labute approximate surface area is 128 Å². The Morgan fingerprint density at radius 1 is 1.24 bits per heavy atom. The summed E-state index contributed by atoms with van der Waals surface area (Å²) in [5.74, 6) is -1.64. The molecule has 0 aliphatic carbocycles. The molecule has 0 saturated heterocycles. The van der Waals surface area contributed by atoms with Gasteiger partial charge in [-0.1, -0.05) is 44.5 Å². The predicted molar refractivity (Wildman–Crippen MR) is 82.2 cm³/mol. The van der Waals surface area contributed by atoms with Crippen molar-refractivity contribution in [3.05, 3.63) is 34.9 Å². The standard InChI is InChI=1S/C15H18ClN3O2/c1-15(2,3)11(17)12-18-13(20)10(14(21)19-12)8-4-6-9(16)7-5-8/h4-7,10-11H,17H2,1-3H3,(H,18,19,20,21). The molecule has 112 valence electrons. The summed E-state index contributed by atoms with van der Waals surface area (Å²) in [5, 5.41) is 3.19. The number of halogens is 1. The first-order chi connectivity index (χ1) is 9.70. The minimum Gasteiger partial charge on any atom is -0.321 e. The van der Waals surface area contributed by atoms with Crippen LogP contribution in [-0.2, 0) is 9.59 Å². The number of nitrogens with one attached hydrogen (secondary N) is 1. The van der Waals surface area contributed by atoms with Gasteiger partial charge in [-0.05, 0) is 23.1 Å². The monoisotopic (exact) mass is 307 g/mol. The van der Waals surface area contributed by atoms with Crippen LogP contribution in [0.1, 0.15) is 32.3 Å². The van der Waals surface area contributed by atoms with Crippen molar-refractivity contribution >= 4 is 29.3 Å². The zero-order chi connectivity index (χ0) is 15.8. The number of aliphatic imine (C=N–C) groups is 1. The molecule has 0 aromatic heterocycles. The number of nitrogens with two attached hydrogens (primary N) is 1. The lowest BCUT2D eigenvalue weighted by Crippen LogP contribution is -2.54. The summed E-state index contributed by atoms with van der Waals surface area (Å²) in [6.45, 7) is 5.76. The second kappa shape index (κ2) is 5.58. The molecule has 1 aromatic carbocycles. The van der Waals surface area contributed by atoms with E-state index in [0.29, 0.717) is 10.6 Å². The first kappa shape index (κ1) is 15.7. The summed E-state index contributed by atoms with van der Waals surface area (Å²) in [4.78, 5) is 28.4. The highest BCUT2D eigenvalue weighted by Crippen LogP contribution is 2.25. The molecular formula is C15H18ClN3O2. The van der Waals surface area contributed by atoms with Gasteiger partial charge in [0.2, 0.25) is 5.91 Å². The molecule has 21 heavy (non-hydrogen) atoms. The third kappa shape index (κ3) is 3.31. The molecule has 0 saturated carbocycles. The molecule has 1 aliphatic rings. The van der Waals surface area contributed by atoms with E-state index in [1.807, 2.05) is 20.8 Å². The van der Waals surface area contributed by atoms with E-state index in [0.717, 1.165) is 0 Å². The molecule has 0 spiro atoms. The van der Waals surface area contributed by atoms with Gasteiger partial charge in [0.15, 0.2) is 0 Å². The Hall–Kier alpha value is -1.72. The van der Waals surface area contributed by atoms with Gasteiger partial charge in [0.05, 0.1) is 6.04 Å². The molecule has 0 radical (unpaired) electrons. The second-order valence-corrected chi connectivity index (χ2v) is 6.59. The van der Waals surface area contributed by atoms with Crippen LogP contribution >= 0.6 is 11.6 Å². The van der Waals surface area contributed by atoms with Crippen LogP contribution in [0.15, 0.2) is 29.3 Å². The molecule has 2 rings (SSSR count). The van der Waals surface area contributed by atoms with Crippen molar-refractivity contribution in [3.8, 4) is 0 Å². The molecule has 1 heterocycles. The Kier molecular flexibility index (Phi) is 4.16. The van der Waals surface area contributed by atoms with E-state index < -0.39 is 23.8 Å². The average Bonchev–Trinajstić information content (AvgIpc) is 2.38. The van der Waals surface area contributed by atoms with Crippen LogP contribution in [-0.4, -0.2) is 23.7 Å². The van der Waals surface area contributed by atoms with Gasteiger partial charge < -0.3 is 11.1 Å². The van der Waals surface area contributed by atoms with E-state index >= 15 is 0 Å². The van der Waals surface area contributed by atoms with Crippen molar-refractivity contribution in [1.29, 1.82) is 0 Å².